The van der Waals surface area contributed by atoms with Crippen molar-refractivity contribution in [2.24, 2.45) is 0 Å². The lowest BCUT2D eigenvalue weighted by Gasteiger charge is -2.04. The summed E-state index contributed by atoms with van der Waals surface area (Å²) in [5.74, 6) is -0.339. The van der Waals surface area contributed by atoms with Gasteiger partial charge in [-0.3, -0.25) is 10.1 Å². The van der Waals surface area contributed by atoms with E-state index < -0.39 is 10.4 Å². The predicted molar refractivity (Wildman–Crippen MR) is 50.1 cm³/mol. The molecule has 0 saturated heterocycles. The van der Waals surface area contributed by atoms with Crippen LogP contribution in [0.4, 0.5) is 0 Å². The van der Waals surface area contributed by atoms with Gasteiger partial charge in [0.15, 0.2) is 5.44 Å². The molecule has 14 heavy (non-hydrogen) atoms. The lowest BCUT2D eigenvalue weighted by molar-refractivity contribution is -0.432. The van der Waals surface area contributed by atoms with Crippen molar-refractivity contribution in [3.63, 3.8) is 0 Å². The molecule has 0 aliphatic carbocycles. The van der Waals surface area contributed by atoms with E-state index in [0.29, 0.717) is 4.91 Å². The molecule has 0 aromatic rings. The summed E-state index contributed by atoms with van der Waals surface area (Å²) in [6, 6.07) is 0. The number of ether oxygens (including phenoxy) is 2. The van der Waals surface area contributed by atoms with Crippen LogP contribution < -0.4 is 0 Å². The van der Waals surface area contributed by atoms with Crippen molar-refractivity contribution in [2.75, 3.05) is 14.2 Å². The summed E-state index contributed by atoms with van der Waals surface area (Å²) in [5, 5.41) is 19.7. The Morgan fingerprint density at radius 3 is 2.71 bits per heavy atom. The fraction of sp³-hybridized carbons (Fsp3) is 0.429. The second-order valence-corrected chi connectivity index (χ2v) is 3.49. The third kappa shape index (κ3) is 1.99. The maximum atomic E-state index is 10.5. The summed E-state index contributed by atoms with van der Waals surface area (Å²) in [4.78, 5) is 10.3. The highest BCUT2D eigenvalue weighted by Crippen LogP contribution is 2.38. The molecule has 0 bridgehead atoms. The van der Waals surface area contributed by atoms with Gasteiger partial charge in [0, 0.05) is 13.2 Å². The van der Waals surface area contributed by atoms with Gasteiger partial charge in [-0.15, -0.1) is 0 Å². The largest absolute Gasteiger partial charge is 0.480 e. The van der Waals surface area contributed by atoms with Gasteiger partial charge in [0.2, 0.25) is 0 Å². The first-order chi connectivity index (χ1) is 6.60. The number of hydrogen-bond acceptors (Lipinski definition) is 6. The zero-order chi connectivity index (χ0) is 10.7. The Kier molecular flexibility index (Phi) is 3.37. The molecule has 1 aliphatic rings. The Balaban J connectivity index is 2.97. The van der Waals surface area contributed by atoms with Crippen LogP contribution in [0.25, 0.3) is 0 Å². The molecule has 0 aromatic heterocycles. The third-order valence-corrected chi connectivity index (χ3v) is 2.78. The lowest BCUT2D eigenvalue weighted by Crippen LogP contribution is -2.12. The molecule has 1 N–H and O–H groups in total. The molecular weight excluding hydrogens is 210 g/mol. The molecule has 0 unspecified atom stereocenters. The fourth-order valence-corrected chi connectivity index (χ4v) is 1.91. The zero-order valence-electron chi connectivity index (χ0n) is 7.59. The molecule has 0 radical (unpaired) electrons. The number of rotatable bonds is 3. The molecule has 0 fully saturated rings. The molecule has 1 atom stereocenters. The Bertz CT molecular complexity index is 311. The summed E-state index contributed by atoms with van der Waals surface area (Å²) in [7, 11) is 2.64. The number of nitrogens with zero attached hydrogens (tertiary/aromatic N) is 1. The van der Waals surface area contributed by atoms with Gasteiger partial charge in [0.05, 0.1) is 16.9 Å². The summed E-state index contributed by atoms with van der Waals surface area (Å²) in [5.41, 5.74) is -0.798. The number of hydrogen-bond donors (Lipinski definition) is 1. The molecule has 7 heteroatoms. The molecular formula is C7H9NO5S. The maximum Gasteiger partial charge on any atom is 0.290 e. The highest BCUT2D eigenvalue weighted by molar-refractivity contribution is 8.04. The van der Waals surface area contributed by atoms with Crippen molar-refractivity contribution in [3.05, 3.63) is 32.7 Å². The van der Waals surface area contributed by atoms with Gasteiger partial charge in [-0.1, -0.05) is 11.8 Å². The summed E-state index contributed by atoms with van der Waals surface area (Å²) >= 11 is 1.03. The van der Waals surface area contributed by atoms with Gasteiger partial charge in [0.1, 0.15) is 0 Å². The first-order valence-corrected chi connectivity index (χ1v) is 4.50. The highest BCUT2D eigenvalue weighted by atomic mass is 32.2. The van der Waals surface area contributed by atoms with E-state index in [1.165, 1.54) is 20.3 Å². The van der Waals surface area contributed by atoms with E-state index >= 15 is 0 Å². The van der Waals surface area contributed by atoms with E-state index in [1.807, 2.05) is 0 Å². The summed E-state index contributed by atoms with van der Waals surface area (Å²) in [6.07, 6.45) is 1.23. The number of thioether (sulfide) groups is 1. The topological polar surface area (TPSA) is 81.8 Å². The molecule has 0 aromatic carbocycles. The van der Waals surface area contributed by atoms with Crippen LogP contribution >= 0.6 is 11.8 Å². The van der Waals surface area contributed by atoms with Crippen LogP contribution in [-0.2, 0) is 9.47 Å². The van der Waals surface area contributed by atoms with Crippen molar-refractivity contribution < 1.29 is 19.5 Å². The SMILES string of the molecule is CO/C(O)=C1\C=C([N+](=O)[O-])[C@H](OC)S1. The van der Waals surface area contributed by atoms with Crippen LogP contribution in [0.1, 0.15) is 0 Å². The van der Waals surface area contributed by atoms with E-state index in [2.05, 4.69) is 4.74 Å². The Morgan fingerprint density at radius 1 is 1.71 bits per heavy atom. The predicted octanol–water partition coefficient (Wildman–Crippen LogP) is 1.24. The average Bonchev–Trinajstić information content (AvgIpc) is 2.60. The van der Waals surface area contributed by atoms with Gasteiger partial charge in [-0.05, 0) is 0 Å². The van der Waals surface area contributed by atoms with Crippen LogP contribution in [0.5, 0.6) is 0 Å². The van der Waals surface area contributed by atoms with Crippen LogP contribution in [0.2, 0.25) is 0 Å². The van der Waals surface area contributed by atoms with Crippen molar-refractivity contribution in [3.8, 4) is 0 Å². The van der Waals surface area contributed by atoms with Crippen molar-refractivity contribution in [1.29, 1.82) is 0 Å². The van der Waals surface area contributed by atoms with Gasteiger partial charge in [0.25, 0.3) is 11.6 Å². The maximum absolute atomic E-state index is 10.5. The average molecular weight is 219 g/mol. The van der Waals surface area contributed by atoms with Gasteiger partial charge < -0.3 is 14.6 Å². The van der Waals surface area contributed by atoms with E-state index in [9.17, 15) is 15.2 Å². The monoisotopic (exact) mass is 219 g/mol. The zero-order valence-corrected chi connectivity index (χ0v) is 8.41. The number of aliphatic hydroxyl groups excluding tert-OH is 1. The standard InChI is InChI=1S/C7H9NO5S/c1-12-6(9)5-3-4(8(10)11)7(13-2)14-5/h3,7,9H,1-2H3/b6-5+/t7-/m1/s1. The van der Waals surface area contributed by atoms with Crippen molar-refractivity contribution >= 4 is 11.8 Å². The second-order valence-electron chi connectivity index (χ2n) is 2.39. The lowest BCUT2D eigenvalue weighted by atomic mass is 10.4. The molecule has 1 aliphatic heterocycles. The fourth-order valence-electron chi connectivity index (χ4n) is 0.932. The highest BCUT2D eigenvalue weighted by Gasteiger charge is 2.34. The van der Waals surface area contributed by atoms with E-state index in [4.69, 9.17) is 4.74 Å². The van der Waals surface area contributed by atoms with Crippen LogP contribution in [0.15, 0.2) is 22.6 Å². The van der Waals surface area contributed by atoms with E-state index in [-0.39, 0.29) is 11.6 Å². The molecule has 0 amide bonds. The molecule has 1 rings (SSSR count). The van der Waals surface area contributed by atoms with E-state index in [0.717, 1.165) is 11.8 Å². The van der Waals surface area contributed by atoms with E-state index in [1.54, 1.807) is 0 Å². The molecule has 0 saturated carbocycles. The summed E-state index contributed by atoms with van der Waals surface area (Å²) < 4.78 is 9.41. The Hall–Kier alpha value is -1.21. The quantitative estimate of drug-likeness (QED) is 0.437. The number of aliphatic hydroxyl groups is 1. The number of nitro groups is 1. The minimum Gasteiger partial charge on any atom is -0.480 e. The second kappa shape index (κ2) is 4.34. The Morgan fingerprint density at radius 2 is 2.36 bits per heavy atom. The van der Waals surface area contributed by atoms with Gasteiger partial charge in [-0.2, -0.15) is 0 Å². The minimum absolute atomic E-state index is 0.101. The molecule has 78 valence electrons. The van der Waals surface area contributed by atoms with Crippen LogP contribution in [0, 0.1) is 10.1 Å². The first kappa shape index (κ1) is 10.9. The minimum atomic E-state index is -0.697. The van der Waals surface area contributed by atoms with Crippen molar-refractivity contribution in [2.45, 2.75) is 5.44 Å². The third-order valence-electron chi connectivity index (χ3n) is 1.58. The summed E-state index contributed by atoms with van der Waals surface area (Å²) in [6.45, 7) is 0. The van der Waals surface area contributed by atoms with Crippen molar-refractivity contribution in [1.82, 2.24) is 0 Å². The first-order valence-electron chi connectivity index (χ1n) is 3.62. The normalized spacial score (nSPS) is 24.4. The van der Waals surface area contributed by atoms with Crippen LogP contribution in [-0.4, -0.2) is 29.7 Å². The van der Waals surface area contributed by atoms with Gasteiger partial charge in [-0.25, -0.2) is 0 Å². The molecule has 1 heterocycles. The molecule has 0 spiro atoms. The van der Waals surface area contributed by atoms with Gasteiger partial charge >= 0.3 is 0 Å². The Labute approximate surface area is 84.3 Å². The smallest absolute Gasteiger partial charge is 0.290 e. The number of methoxy groups -OCH3 is 2. The number of allylic oxidation sites excluding steroid dienone is 1. The van der Waals surface area contributed by atoms with Crippen LogP contribution in [0.3, 0.4) is 0 Å². The molecule has 6 nitrogen and oxygen atoms in total.